The standard InChI is InChI=1S/C18H13FN4O4/c1-10-15(9-12-8-13(19)4-7-16(12)20-10)18(25)22-21-17(24)11-2-5-14(6-3-11)23(26)27/h2-9H,1H3,(H,21,24)(H,22,25). The molecule has 1 heterocycles. The average Bonchev–Trinajstić information content (AvgIpc) is 2.65. The number of fused-ring (bicyclic) bond motifs is 1. The Balaban J connectivity index is 1.73. The van der Waals surface area contributed by atoms with Crippen molar-refractivity contribution >= 4 is 28.4 Å². The third kappa shape index (κ3) is 3.87. The van der Waals surface area contributed by atoms with Crippen LogP contribution in [0.3, 0.4) is 0 Å². The van der Waals surface area contributed by atoms with Crippen LogP contribution in [0.25, 0.3) is 10.9 Å². The van der Waals surface area contributed by atoms with E-state index in [0.29, 0.717) is 16.6 Å². The van der Waals surface area contributed by atoms with Gasteiger partial charge in [-0.05, 0) is 43.3 Å². The van der Waals surface area contributed by atoms with Crippen LogP contribution in [0.5, 0.6) is 0 Å². The lowest BCUT2D eigenvalue weighted by Gasteiger charge is -2.10. The maximum atomic E-state index is 13.4. The minimum Gasteiger partial charge on any atom is -0.267 e. The zero-order chi connectivity index (χ0) is 19.6. The minimum absolute atomic E-state index is 0.135. The van der Waals surface area contributed by atoms with Crippen LogP contribution in [-0.4, -0.2) is 21.7 Å². The Morgan fingerprint density at radius 3 is 2.37 bits per heavy atom. The number of nitro benzene ring substituents is 1. The zero-order valence-corrected chi connectivity index (χ0v) is 14.0. The van der Waals surface area contributed by atoms with E-state index in [9.17, 15) is 24.1 Å². The molecule has 0 unspecified atom stereocenters. The maximum Gasteiger partial charge on any atom is 0.271 e. The normalized spacial score (nSPS) is 10.4. The predicted molar refractivity (Wildman–Crippen MR) is 94.5 cm³/mol. The van der Waals surface area contributed by atoms with E-state index < -0.39 is 22.6 Å². The molecule has 3 rings (SSSR count). The molecular weight excluding hydrogens is 355 g/mol. The van der Waals surface area contributed by atoms with Gasteiger partial charge in [-0.3, -0.25) is 35.5 Å². The second-order valence-electron chi connectivity index (χ2n) is 5.67. The lowest BCUT2D eigenvalue weighted by molar-refractivity contribution is -0.384. The van der Waals surface area contributed by atoms with Gasteiger partial charge in [0.25, 0.3) is 17.5 Å². The summed E-state index contributed by atoms with van der Waals surface area (Å²) in [6.45, 7) is 1.62. The van der Waals surface area contributed by atoms with Crippen molar-refractivity contribution in [2.45, 2.75) is 6.92 Å². The number of aromatic nitrogens is 1. The van der Waals surface area contributed by atoms with Crippen molar-refractivity contribution in [3.05, 3.63) is 81.3 Å². The summed E-state index contributed by atoms with van der Waals surface area (Å²) >= 11 is 0. The molecular formula is C18H13FN4O4. The second-order valence-corrected chi connectivity index (χ2v) is 5.67. The van der Waals surface area contributed by atoms with Crippen LogP contribution < -0.4 is 10.9 Å². The third-order valence-electron chi connectivity index (χ3n) is 3.84. The number of carbonyl (C=O) groups excluding carboxylic acids is 2. The largest absolute Gasteiger partial charge is 0.271 e. The highest BCUT2D eigenvalue weighted by Crippen LogP contribution is 2.18. The number of hydrazine groups is 1. The molecule has 2 amide bonds. The van der Waals surface area contributed by atoms with Gasteiger partial charge in [0.05, 0.1) is 21.7 Å². The van der Waals surface area contributed by atoms with Crippen LogP contribution >= 0.6 is 0 Å². The SMILES string of the molecule is Cc1nc2ccc(F)cc2cc1C(=O)NNC(=O)c1ccc([N+](=O)[O-])cc1. The zero-order valence-electron chi connectivity index (χ0n) is 14.0. The van der Waals surface area contributed by atoms with Gasteiger partial charge in [0, 0.05) is 23.1 Å². The van der Waals surface area contributed by atoms with Crippen molar-refractivity contribution in [2.75, 3.05) is 0 Å². The number of nitrogens with one attached hydrogen (secondary N) is 2. The van der Waals surface area contributed by atoms with Gasteiger partial charge >= 0.3 is 0 Å². The van der Waals surface area contributed by atoms with Gasteiger partial charge < -0.3 is 0 Å². The molecule has 136 valence electrons. The first-order valence-corrected chi connectivity index (χ1v) is 7.77. The predicted octanol–water partition coefficient (Wildman–Crippen LogP) is 2.67. The highest BCUT2D eigenvalue weighted by atomic mass is 19.1. The lowest BCUT2D eigenvalue weighted by atomic mass is 10.1. The molecule has 27 heavy (non-hydrogen) atoms. The van der Waals surface area contributed by atoms with E-state index >= 15 is 0 Å². The minimum atomic E-state index is -0.643. The monoisotopic (exact) mass is 368 g/mol. The number of nitrogens with zero attached hydrogens (tertiary/aromatic N) is 2. The topological polar surface area (TPSA) is 114 Å². The van der Waals surface area contributed by atoms with Crippen LogP contribution in [0.1, 0.15) is 26.4 Å². The Kier molecular flexibility index (Phi) is 4.75. The molecule has 0 aliphatic heterocycles. The smallest absolute Gasteiger partial charge is 0.267 e. The Morgan fingerprint density at radius 1 is 1.04 bits per heavy atom. The number of aryl methyl sites for hydroxylation is 1. The molecule has 0 aliphatic rings. The summed E-state index contributed by atoms with van der Waals surface area (Å²) in [5.41, 5.74) is 5.59. The molecule has 0 atom stereocenters. The third-order valence-corrected chi connectivity index (χ3v) is 3.84. The van der Waals surface area contributed by atoms with Crippen molar-refractivity contribution in [1.82, 2.24) is 15.8 Å². The summed E-state index contributed by atoms with van der Waals surface area (Å²) < 4.78 is 13.4. The molecule has 2 aromatic carbocycles. The van der Waals surface area contributed by atoms with Crippen LogP contribution in [0.2, 0.25) is 0 Å². The van der Waals surface area contributed by atoms with Crippen molar-refractivity contribution in [1.29, 1.82) is 0 Å². The molecule has 0 saturated heterocycles. The number of hydrogen-bond acceptors (Lipinski definition) is 5. The van der Waals surface area contributed by atoms with Gasteiger partial charge in [-0.25, -0.2) is 4.39 Å². The Hall–Kier alpha value is -3.88. The van der Waals surface area contributed by atoms with Gasteiger partial charge in [-0.2, -0.15) is 0 Å². The van der Waals surface area contributed by atoms with E-state index in [2.05, 4.69) is 15.8 Å². The Labute approximate surface area is 152 Å². The van der Waals surface area contributed by atoms with E-state index in [0.717, 1.165) is 0 Å². The van der Waals surface area contributed by atoms with E-state index in [1.54, 1.807) is 6.92 Å². The summed E-state index contributed by atoms with van der Waals surface area (Å²) in [5.74, 6) is -1.72. The first kappa shape index (κ1) is 17.9. The van der Waals surface area contributed by atoms with E-state index in [1.165, 1.54) is 48.5 Å². The highest BCUT2D eigenvalue weighted by molar-refractivity contribution is 6.01. The number of benzene rings is 2. The lowest BCUT2D eigenvalue weighted by Crippen LogP contribution is -2.41. The highest BCUT2D eigenvalue weighted by Gasteiger charge is 2.14. The number of rotatable bonds is 3. The Bertz CT molecular complexity index is 1070. The summed E-state index contributed by atoms with van der Waals surface area (Å²) in [5, 5.41) is 11.1. The molecule has 0 aliphatic carbocycles. The van der Waals surface area contributed by atoms with Crippen molar-refractivity contribution in [3.63, 3.8) is 0 Å². The van der Waals surface area contributed by atoms with Gasteiger partial charge in [-0.1, -0.05) is 0 Å². The molecule has 0 bridgehead atoms. The van der Waals surface area contributed by atoms with Gasteiger partial charge in [0.15, 0.2) is 0 Å². The number of hydrogen-bond donors (Lipinski definition) is 2. The fraction of sp³-hybridized carbons (Fsp3) is 0.0556. The van der Waals surface area contributed by atoms with Crippen molar-refractivity contribution < 1.29 is 18.9 Å². The maximum absolute atomic E-state index is 13.4. The molecule has 0 fully saturated rings. The molecule has 0 saturated carbocycles. The van der Waals surface area contributed by atoms with E-state index in [4.69, 9.17) is 0 Å². The molecule has 1 aromatic heterocycles. The van der Waals surface area contributed by atoms with Crippen LogP contribution in [0.15, 0.2) is 48.5 Å². The quantitative estimate of drug-likeness (QED) is 0.545. The number of non-ortho nitro benzene ring substituents is 1. The van der Waals surface area contributed by atoms with E-state index in [-0.39, 0.29) is 16.8 Å². The van der Waals surface area contributed by atoms with Crippen LogP contribution in [-0.2, 0) is 0 Å². The number of pyridine rings is 1. The number of amides is 2. The van der Waals surface area contributed by atoms with Crippen LogP contribution in [0.4, 0.5) is 10.1 Å². The summed E-state index contributed by atoms with van der Waals surface area (Å²) in [7, 11) is 0. The molecule has 3 aromatic rings. The van der Waals surface area contributed by atoms with Gasteiger partial charge in [-0.15, -0.1) is 0 Å². The van der Waals surface area contributed by atoms with Gasteiger partial charge in [0.2, 0.25) is 0 Å². The van der Waals surface area contributed by atoms with E-state index in [1.807, 2.05) is 0 Å². The van der Waals surface area contributed by atoms with Crippen LogP contribution in [0, 0.1) is 22.9 Å². The first-order valence-electron chi connectivity index (χ1n) is 7.77. The number of nitro groups is 1. The summed E-state index contributed by atoms with van der Waals surface area (Å²) in [6.07, 6.45) is 0. The molecule has 9 heteroatoms. The molecule has 0 spiro atoms. The summed E-state index contributed by atoms with van der Waals surface area (Å²) in [6, 6.07) is 10.4. The van der Waals surface area contributed by atoms with Crippen molar-refractivity contribution in [3.8, 4) is 0 Å². The number of halogens is 1. The van der Waals surface area contributed by atoms with Gasteiger partial charge in [0.1, 0.15) is 5.82 Å². The molecule has 2 N–H and O–H groups in total. The van der Waals surface area contributed by atoms with Crippen molar-refractivity contribution in [2.24, 2.45) is 0 Å². The summed E-state index contributed by atoms with van der Waals surface area (Å²) in [4.78, 5) is 38.6. The number of carbonyl (C=O) groups is 2. The fourth-order valence-electron chi connectivity index (χ4n) is 2.46. The Morgan fingerprint density at radius 2 is 1.70 bits per heavy atom. The first-order chi connectivity index (χ1) is 12.8. The average molecular weight is 368 g/mol. The fourth-order valence-corrected chi connectivity index (χ4v) is 2.46. The second kappa shape index (κ2) is 7.16. The molecule has 8 nitrogen and oxygen atoms in total. The molecule has 0 radical (unpaired) electrons.